The van der Waals surface area contributed by atoms with E-state index < -0.39 is 0 Å². The highest BCUT2D eigenvalue weighted by atomic mass is 35.5. The molecule has 74 valence electrons. The number of nitrogens with zero attached hydrogens (tertiary/aromatic N) is 2. The van der Waals surface area contributed by atoms with Crippen LogP contribution in [0.1, 0.15) is 13.0 Å². The first kappa shape index (κ1) is 17.7. The van der Waals surface area contributed by atoms with Crippen LogP contribution in [-0.4, -0.2) is 21.8 Å². The summed E-state index contributed by atoms with van der Waals surface area (Å²) >= 11 is 0. The molecule has 1 atom stereocenters. The van der Waals surface area contributed by atoms with Crippen LogP contribution in [0.4, 0.5) is 0 Å². The van der Waals surface area contributed by atoms with Crippen LogP contribution in [0.5, 0.6) is 0 Å². The summed E-state index contributed by atoms with van der Waals surface area (Å²) in [5.41, 5.74) is 5.40. The molecule has 0 saturated heterocycles. The summed E-state index contributed by atoms with van der Waals surface area (Å²) in [5, 5.41) is 4.02. The molecule has 0 amide bonds. The van der Waals surface area contributed by atoms with Gasteiger partial charge in [-0.05, 0) is 13.0 Å². The molecule has 0 aliphatic carbocycles. The largest absolute Gasteiger partial charge is 0.412 e. The summed E-state index contributed by atoms with van der Waals surface area (Å²) < 4.78 is 1.85. The number of halogens is 2. The molecule has 1 unspecified atom stereocenters. The summed E-state index contributed by atoms with van der Waals surface area (Å²) in [6.07, 6.45) is 3.67. The van der Waals surface area contributed by atoms with Crippen molar-refractivity contribution >= 4 is 24.8 Å². The van der Waals surface area contributed by atoms with Gasteiger partial charge in [-0.1, -0.05) is 0 Å². The van der Waals surface area contributed by atoms with Crippen LogP contribution in [0.25, 0.3) is 0 Å². The van der Waals surface area contributed by atoms with E-state index in [0.717, 1.165) is 0 Å². The van der Waals surface area contributed by atoms with E-state index in [9.17, 15) is 0 Å². The Kier molecular flexibility index (Phi) is 13.0. The summed E-state index contributed by atoms with van der Waals surface area (Å²) in [6.45, 7) is 2.68. The van der Waals surface area contributed by atoms with Gasteiger partial charge in [0.05, 0.1) is 6.04 Å². The number of nitrogens with two attached hydrogens (primary N) is 1. The molecule has 0 aliphatic heterocycles. The van der Waals surface area contributed by atoms with Gasteiger partial charge in [0.2, 0.25) is 0 Å². The van der Waals surface area contributed by atoms with Gasteiger partial charge in [-0.2, -0.15) is 5.10 Å². The van der Waals surface area contributed by atoms with Crippen molar-refractivity contribution in [1.82, 2.24) is 9.78 Å². The molecule has 6 heteroatoms. The predicted octanol–water partition coefficient (Wildman–Crippen LogP) is 0.422. The average molecular weight is 216 g/mol. The Hall–Kier alpha value is -0.290. The Morgan fingerprint density at radius 2 is 2.08 bits per heavy atom. The molecule has 4 nitrogen and oxygen atoms in total. The second kappa shape index (κ2) is 8.80. The number of aromatic nitrogens is 2. The van der Waals surface area contributed by atoms with Gasteiger partial charge in [0.25, 0.3) is 0 Å². The van der Waals surface area contributed by atoms with Crippen molar-refractivity contribution in [3.05, 3.63) is 18.5 Å². The Balaban J connectivity index is -0.000000270. The van der Waals surface area contributed by atoms with E-state index in [1.807, 2.05) is 23.9 Å². The van der Waals surface area contributed by atoms with Crippen LogP contribution in [0.3, 0.4) is 0 Å². The molecule has 1 rings (SSSR count). The van der Waals surface area contributed by atoms with Gasteiger partial charge < -0.3 is 11.2 Å². The molecule has 0 aromatic carbocycles. The first-order valence-electron chi connectivity index (χ1n) is 3.04. The first-order valence-corrected chi connectivity index (χ1v) is 3.04. The lowest BCUT2D eigenvalue weighted by Crippen LogP contribution is -2.15. The molecule has 0 fully saturated rings. The van der Waals surface area contributed by atoms with E-state index in [0.29, 0.717) is 12.6 Å². The molecular weight excluding hydrogens is 201 g/mol. The molecular formula is C6H15Cl2N3O. The minimum atomic E-state index is 0. The second-order valence-corrected chi connectivity index (χ2v) is 2.07. The van der Waals surface area contributed by atoms with Crippen molar-refractivity contribution in [2.24, 2.45) is 5.73 Å². The predicted molar refractivity (Wildman–Crippen MR) is 54.1 cm³/mol. The van der Waals surface area contributed by atoms with Crippen molar-refractivity contribution < 1.29 is 5.48 Å². The van der Waals surface area contributed by atoms with E-state index in [4.69, 9.17) is 5.73 Å². The van der Waals surface area contributed by atoms with Gasteiger partial charge in [0, 0.05) is 18.9 Å². The van der Waals surface area contributed by atoms with Crippen LogP contribution in [0.15, 0.2) is 18.5 Å². The van der Waals surface area contributed by atoms with Crippen LogP contribution < -0.4 is 5.73 Å². The van der Waals surface area contributed by atoms with Gasteiger partial charge in [-0.15, -0.1) is 24.8 Å². The molecule has 0 bridgehead atoms. The van der Waals surface area contributed by atoms with Crippen molar-refractivity contribution in [3.63, 3.8) is 0 Å². The van der Waals surface area contributed by atoms with Gasteiger partial charge in [0.1, 0.15) is 0 Å². The van der Waals surface area contributed by atoms with E-state index >= 15 is 0 Å². The lowest BCUT2D eigenvalue weighted by atomic mass is 10.3. The molecule has 4 N–H and O–H groups in total. The fourth-order valence-corrected chi connectivity index (χ4v) is 0.649. The van der Waals surface area contributed by atoms with Crippen LogP contribution in [0.2, 0.25) is 0 Å². The number of hydrogen-bond donors (Lipinski definition) is 1. The Labute approximate surface area is 84.3 Å². The van der Waals surface area contributed by atoms with Crippen molar-refractivity contribution in [3.8, 4) is 0 Å². The number of hydrogen-bond acceptors (Lipinski definition) is 2. The van der Waals surface area contributed by atoms with Gasteiger partial charge in [-0.3, -0.25) is 4.68 Å². The normalized spacial score (nSPS) is 10.2. The molecule has 12 heavy (non-hydrogen) atoms. The zero-order chi connectivity index (χ0) is 6.69. The quantitative estimate of drug-likeness (QED) is 0.777. The van der Waals surface area contributed by atoms with E-state index in [-0.39, 0.29) is 30.3 Å². The maximum absolute atomic E-state index is 5.40. The molecule has 0 spiro atoms. The minimum Gasteiger partial charge on any atom is -0.412 e. The Bertz CT molecular complexity index is 169. The van der Waals surface area contributed by atoms with E-state index in [1.165, 1.54) is 0 Å². The third-order valence-corrected chi connectivity index (χ3v) is 1.32. The number of rotatable bonds is 2. The molecule has 0 saturated carbocycles. The maximum atomic E-state index is 5.40. The Morgan fingerprint density at radius 3 is 2.42 bits per heavy atom. The highest BCUT2D eigenvalue weighted by Gasteiger charge is 1.97. The molecule has 1 aromatic rings. The highest BCUT2D eigenvalue weighted by molar-refractivity contribution is 5.85. The monoisotopic (exact) mass is 215 g/mol. The van der Waals surface area contributed by atoms with Crippen LogP contribution in [-0.2, 0) is 0 Å². The third-order valence-electron chi connectivity index (χ3n) is 1.32. The maximum Gasteiger partial charge on any atom is 0.0613 e. The van der Waals surface area contributed by atoms with Gasteiger partial charge in [0.15, 0.2) is 0 Å². The van der Waals surface area contributed by atoms with E-state index in [1.54, 1.807) is 6.20 Å². The fourth-order valence-electron chi connectivity index (χ4n) is 0.649. The lowest BCUT2D eigenvalue weighted by molar-refractivity contribution is 0.501. The standard InChI is InChI=1S/C6H11N3.2ClH.H2O/c1-6(5-7)9-4-2-3-8-9;;;/h2-4,6H,5,7H2,1H3;2*1H;1H2. The topological polar surface area (TPSA) is 75.3 Å². The van der Waals surface area contributed by atoms with Gasteiger partial charge in [-0.25, -0.2) is 0 Å². The molecule has 1 aromatic heterocycles. The smallest absolute Gasteiger partial charge is 0.0613 e. The molecule has 0 aliphatic rings. The third kappa shape index (κ3) is 4.56. The molecule has 1 heterocycles. The zero-order valence-electron chi connectivity index (χ0n) is 6.80. The highest BCUT2D eigenvalue weighted by Crippen LogP contribution is 1.98. The summed E-state index contributed by atoms with van der Waals surface area (Å²) in [6, 6.07) is 2.21. The molecule has 0 radical (unpaired) electrons. The average Bonchev–Trinajstić information content (AvgIpc) is 2.37. The second-order valence-electron chi connectivity index (χ2n) is 2.07. The Morgan fingerprint density at radius 1 is 1.50 bits per heavy atom. The van der Waals surface area contributed by atoms with Crippen LogP contribution in [0, 0.1) is 0 Å². The zero-order valence-corrected chi connectivity index (χ0v) is 8.44. The summed E-state index contributed by atoms with van der Waals surface area (Å²) in [5.74, 6) is 0. The first-order chi connectivity index (χ1) is 4.34. The van der Waals surface area contributed by atoms with Crippen molar-refractivity contribution in [2.75, 3.05) is 6.54 Å². The van der Waals surface area contributed by atoms with Crippen molar-refractivity contribution in [2.45, 2.75) is 13.0 Å². The van der Waals surface area contributed by atoms with E-state index in [2.05, 4.69) is 5.10 Å². The summed E-state index contributed by atoms with van der Waals surface area (Å²) in [4.78, 5) is 0. The SMILES string of the molecule is CC(CN)n1cccn1.Cl.Cl.O. The summed E-state index contributed by atoms with van der Waals surface area (Å²) in [7, 11) is 0. The van der Waals surface area contributed by atoms with Crippen molar-refractivity contribution in [1.29, 1.82) is 0 Å². The fraction of sp³-hybridized carbons (Fsp3) is 0.500. The van der Waals surface area contributed by atoms with Gasteiger partial charge >= 0.3 is 0 Å². The lowest BCUT2D eigenvalue weighted by Gasteiger charge is -2.06. The van der Waals surface area contributed by atoms with Crippen LogP contribution >= 0.6 is 24.8 Å². The minimum absolute atomic E-state index is 0.